The van der Waals surface area contributed by atoms with E-state index in [0.717, 1.165) is 5.56 Å². The maximum atomic E-state index is 4.96. The Morgan fingerprint density at radius 3 is 3.11 bits per heavy atom. The number of aromatic nitrogens is 1. The summed E-state index contributed by atoms with van der Waals surface area (Å²) in [7, 11) is 0. The number of hydrogen-bond acceptors (Lipinski definition) is 1. The van der Waals surface area contributed by atoms with Crippen LogP contribution < -0.4 is 0 Å². The highest BCUT2D eigenvalue weighted by atomic mass is 14.7. The fraction of sp³-hybridized carbons (Fsp3) is 0.143. The Balaban J connectivity index is 2.76. The highest BCUT2D eigenvalue weighted by Gasteiger charge is 1.92. The molecule has 0 aromatic carbocycles. The molecule has 0 aliphatic heterocycles. The van der Waals surface area contributed by atoms with Gasteiger partial charge in [0.1, 0.15) is 0 Å². The van der Waals surface area contributed by atoms with E-state index in [9.17, 15) is 0 Å². The van der Waals surface area contributed by atoms with Gasteiger partial charge in [-0.3, -0.25) is 4.98 Å². The molecule has 2 nitrogen and oxygen atoms in total. The quantitative estimate of drug-likeness (QED) is 0.548. The molecular formula is C7H7N2+. The fourth-order valence-electron chi connectivity index (χ4n) is 0.597. The van der Waals surface area contributed by atoms with Crippen molar-refractivity contribution in [3.8, 4) is 6.57 Å². The SMILES string of the molecule is C#[N+]Cc1cccnc1. The maximum absolute atomic E-state index is 4.96. The van der Waals surface area contributed by atoms with Crippen molar-refractivity contribution < 1.29 is 0 Å². The van der Waals surface area contributed by atoms with Crippen LogP contribution >= 0.6 is 0 Å². The summed E-state index contributed by atoms with van der Waals surface area (Å²) in [5.41, 5.74) is 1.04. The second-order valence-electron chi connectivity index (χ2n) is 1.70. The maximum Gasteiger partial charge on any atom is 0.289 e. The average molecular weight is 119 g/mol. The van der Waals surface area contributed by atoms with E-state index < -0.39 is 0 Å². The van der Waals surface area contributed by atoms with Gasteiger partial charge in [-0.15, -0.1) is 0 Å². The monoisotopic (exact) mass is 119 g/mol. The van der Waals surface area contributed by atoms with Crippen LogP contribution in [0.25, 0.3) is 4.85 Å². The molecule has 2 heteroatoms. The normalized spacial score (nSPS) is 8.33. The molecular weight excluding hydrogens is 112 g/mol. The second-order valence-corrected chi connectivity index (χ2v) is 1.70. The van der Waals surface area contributed by atoms with Gasteiger partial charge < -0.3 is 0 Å². The molecule has 1 heterocycles. The van der Waals surface area contributed by atoms with Crippen molar-refractivity contribution in [3.05, 3.63) is 34.9 Å². The van der Waals surface area contributed by atoms with Gasteiger partial charge in [0, 0.05) is 12.4 Å². The van der Waals surface area contributed by atoms with Crippen LogP contribution in [-0.2, 0) is 6.54 Å². The van der Waals surface area contributed by atoms with Crippen LogP contribution in [0.1, 0.15) is 5.56 Å². The topological polar surface area (TPSA) is 17.2 Å². The zero-order valence-electron chi connectivity index (χ0n) is 4.99. The molecule has 0 unspecified atom stereocenters. The lowest BCUT2D eigenvalue weighted by molar-refractivity contribution is 1.19. The third-order valence-electron chi connectivity index (χ3n) is 0.997. The second kappa shape index (κ2) is 2.83. The van der Waals surface area contributed by atoms with Gasteiger partial charge >= 0.3 is 0 Å². The first kappa shape index (κ1) is 5.77. The van der Waals surface area contributed by atoms with E-state index in [1.165, 1.54) is 0 Å². The number of pyridine rings is 1. The molecule has 1 rings (SSSR count). The molecule has 0 radical (unpaired) electrons. The van der Waals surface area contributed by atoms with Gasteiger partial charge in [0.15, 0.2) is 0 Å². The van der Waals surface area contributed by atoms with Crippen molar-refractivity contribution in [1.29, 1.82) is 0 Å². The predicted octanol–water partition coefficient (Wildman–Crippen LogP) is 1.54. The number of rotatable bonds is 1. The number of nitrogens with zero attached hydrogens (tertiary/aromatic N) is 2. The molecule has 44 valence electrons. The van der Waals surface area contributed by atoms with Crippen molar-refractivity contribution >= 4 is 0 Å². The lowest BCUT2D eigenvalue weighted by atomic mass is 10.3. The van der Waals surface area contributed by atoms with Crippen LogP contribution in [0.2, 0.25) is 0 Å². The molecule has 1 aromatic rings. The fourth-order valence-corrected chi connectivity index (χ4v) is 0.597. The van der Waals surface area contributed by atoms with Gasteiger partial charge in [0.05, 0.1) is 5.56 Å². The lowest BCUT2D eigenvalue weighted by Gasteiger charge is -1.82. The minimum Gasteiger partial charge on any atom is -0.264 e. The van der Waals surface area contributed by atoms with E-state index in [2.05, 4.69) is 9.83 Å². The van der Waals surface area contributed by atoms with Crippen LogP contribution in [-0.4, -0.2) is 4.98 Å². The molecule has 0 amide bonds. The first-order valence-electron chi connectivity index (χ1n) is 2.69. The highest BCUT2D eigenvalue weighted by molar-refractivity contribution is 5.10. The largest absolute Gasteiger partial charge is 0.289 e. The Hall–Kier alpha value is -1.36. The lowest BCUT2D eigenvalue weighted by Crippen LogP contribution is -1.78. The van der Waals surface area contributed by atoms with E-state index in [4.69, 9.17) is 6.57 Å². The molecule has 9 heavy (non-hydrogen) atoms. The molecule has 0 atom stereocenters. The van der Waals surface area contributed by atoms with E-state index in [1.807, 2.05) is 12.1 Å². The van der Waals surface area contributed by atoms with Crippen molar-refractivity contribution in [1.82, 2.24) is 4.98 Å². The van der Waals surface area contributed by atoms with E-state index in [1.54, 1.807) is 12.4 Å². The summed E-state index contributed by atoms with van der Waals surface area (Å²) < 4.78 is 0. The van der Waals surface area contributed by atoms with Crippen LogP contribution in [0, 0.1) is 6.57 Å². The average Bonchev–Trinajstić information content (AvgIpc) is 1.91. The van der Waals surface area contributed by atoms with Crippen LogP contribution in [0.15, 0.2) is 24.5 Å². The highest BCUT2D eigenvalue weighted by Crippen LogP contribution is 1.95. The van der Waals surface area contributed by atoms with Gasteiger partial charge in [-0.25, -0.2) is 0 Å². The van der Waals surface area contributed by atoms with Gasteiger partial charge in [0.2, 0.25) is 0 Å². The van der Waals surface area contributed by atoms with Crippen molar-refractivity contribution in [3.63, 3.8) is 0 Å². The third kappa shape index (κ3) is 1.54. The minimum atomic E-state index is 0.549. The first-order valence-corrected chi connectivity index (χ1v) is 2.69. The zero-order valence-corrected chi connectivity index (χ0v) is 4.99. The van der Waals surface area contributed by atoms with Crippen LogP contribution in [0.4, 0.5) is 0 Å². The summed E-state index contributed by atoms with van der Waals surface area (Å²) in [6.45, 7) is 5.51. The van der Waals surface area contributed by atoms with Crippen LogP contribution in [0.3, 0.4) is 0 Å². The van der Waals surface area contributed by atoms with E-state index >= 15 is 0 Å². The smallest absolute Gasteiger partial charge is 0.264 e. The van der Waals surface area contributed by atoms with Gasteiger partial charge in [0.25, 0.3) is 13.1 Å². The molecule has 0 aliphatic carbocycles. The summed E-state index contributed by atoms with van der Waals surface area (Å²) in [5.74, 6) is 0. The molecule has 0 N–H and O–H groups in total. The summed E-state index contributed by atoms with van der Waals surface area (Å²) in [5, 5.41) is 0. The molecule has 0 saturated carbocycles. The Bertz CT molecular complexity index is 210. The molecule has 0 saturated heterocycles. The van der Waals surface area contributed by atoms with Crippen molar-refractivity contribution in [2.24, 2.45) is 0 Å². The molecule has 0 fully saturated rings. The predicted molar refractivity (Wildman–Crippen MR) is 36.2 cm³/mol. The standard InChI is InChI=1S/C7H7N2/c1-8-5-7-3-2-4-9-6-7/h1-4,6H,5H2/q+1. The van der Waals surface area contributed by atoms with E-state index in [-0.39, 0.29) is 0 Å². The van der Waals surface area contributed by atoms with Crippen LogP contribution in [0.5, 0.6) is 0 Å². The summed E-state index contributed by atoms with van der Waals surface area (Å²) in [4.78, 5) is 7.35. The zero-order chi connectivity index (χ0) is 6.53. The third-order valence-corrected chi connectivity index (χ3v) is 0.997. The number of hydrogen-bond donors (Lipinski definition) is 0. The molecule has 1 aromatic heterocycles. The summed E-state index contributed by atoms with van der Waals surface area (Å²) in [6, 6.07) is 3.80. The first-order chi connectivity index (χ1) is 4.43. The Labute approximate surface area is 54.0 Å². The Morgan fingerprint density at radius 1 is 1.67 bits per heavy atom. The van der Waals surface area contributed by atoms with E-state index in [0.29, 0.717) is 6.54 Å². The summed E-state index contributed by atoms with van der Waals surface area (Å²) in [6.07, 6.45) is 3.47. The van der Waals surface area contributed by atoms with Crippen molar-refractivity contribution in [2.75, 3.05) is 0 Å². The van der Waals surface area contributed by atoms with Gasteiger partial charge in [-0.2, -0.15) is 0 Å². The molecule has 0 bridgehead atoms. The van der Waals surface area contributed by atoms with Gasteiger partial charge in [-0.1, -0.05) is 4.85 Å². The minimum absolute atomic E-state index is 0.549. The molecule has 0 aliphatic rings. The summed E-state index contributed by atoms with van der Waals surface area (Å²) >= 11 is 0. The van der Waals surface area contributed by atoms with Crippen molar-refractivity contribution in [2.45, 2.75) is 6.54 Å². The van der Waals surface area contributed by atoms with Gasteiger partial charge in [-0.05, 0) is 12.1 Å². The molecule has 0 spiro atoms. The Morgan fingerprint density at radius 2 is 2.56 bits per heavy atom. The Kier molecular flexibility index (Phi) is 1.81.